The van der Waals surface area contributed by atoms with E-state index in [1.165, 1.54) is 5.57 Å². The fourth-order valence-corrected chi connectivity index (χ4v) is 1.89. The van der Waals surface area contributed by atoms with Gasteiger partial charge in [-0.3, -0.25) is 4.79 Å². The summed E-state index contributed by atoms with van der Waals surface area (Å²) in [6.45, 7) is 6.12. The zero-order valence-electron chi connectivity index (χ0n) is 13.0. The first-order chi connectivity index (χ1) is 9.53. The Morgan fingerprint density at radius 2 is 2.05 bits per heavy atom. The number of hydrogen-bond acceptors (Lipinski definition) is 4. The van der Waals surface area contributed by atoms with Crippen molar-refractivity contribution in [2.75, 3.05) is 19.6 Å². The number of methoxy groups -OCH3 is 1. The van der Waals surface area contributed by atoms with E-state index in [0.29, 0.717) is 18.9 Å². The highest BCUT2D eigenvalue weighted by atomic mass is 35.5. The van der Waals surface area contributed by atoms with Crippen molar-refractivity contribution >= 4 is 17.6 Å². The second-order valence-corrected chi connectivity index (χ2v) is 4.96. The Morgan fingerprint density at radius 1 is 1.35 bits per heavy atom. The van der Waals surface area contributed by atoms with Crippen LogP contribution in [-0.4, -0.2) is 38.0 Å². The molecule has 0 radical (unpaired) electrons. The lowest BCUT2D eigenvalue weighted by molar-refractivity contribution is -0.143. The lowest BCUT2D eigenvalue weighted by Gasteiger charge is -2.19. The van der Waals surface area contributed by atoms with Crippen molar-refractivity contribution in [3.63, 3.8) is 0 Å². The monoisotopic (exact) mass is 306 g/mol. The van der Waals surface area contributed by atoms with Crippen molar-refractivity contribution in [1.29, 1.82) is 0 Å². The zero-order chi connectivity index (χ0) is 15.4. The Balaban J connectivity index is 3.92. The highest BCUT2D eigenvalue weighted by Gasteiger charge is 2.11. The summed E-state index contributed by atoms with van der Waals surface area (Å²) in [5.74, 6) is 0.305. The molecule has 2 unspecified atom stereocenters. The molecule has 0 saturated carbocycles. The van der Waals surface area contributed by atoms with Crippen LogP contribution >= 0.6 is 11.6 Å². The molecule has 0 spiro atoms. The number of ether oxygens (including phenoxy) is 3. The van der Waals surface area contributed by atoms with E-state index in [1.807, 2.05) is 20.8 Å². The van der Waals surface area contributed by atoms with Crippen LogP contribution in [0.15, 0.2) is 11.6 Å². The molecular formula is C15H27ClO4. The Labute approximate surface area is 127 Å². The predicted octanol–water partition coefficient (Wildman–Crippen LogP) is 3.67. The molecule has 0 aromatic carbocycles. The van der Waals surface area contributed by atoms with Crippen LogP contribution in [0, 0.1) is 0 Å². The van der Waals surface area contributed by atoms with Gasteiger partial charge < -0.3 is 14.2 Å². The molecule has 2 atom stereocenters. The minimum absolute atomic E-state index is 0.0132. The Morgan fingerprint density at radius 3 is 2.60 bits per heavy atom. The van der Waals surface area contributed by atoms with E-state index in [-0.39, 0.29) is 18.4 Å². The summed E-state index contributed by atoms with van der Waals surface area (Å²) in [6, 6.07) is 0. The topological polar surface area (TPSA) is 44.8 Å². The van der Waals surface area contributed by atoms with Crippen LogP contribution in [0.5, 0.6) is 0 Å². The third kappa shape index (κ3) is 10.2. The minimum atomic E-state index is -0.243. The second kappa shape index (κ2) is 12.2. The van der Waals surface area contributed by atoms with Gasteiger partial charge in [-0.25, -0.2) is 0 Å². The molecule has 0 aromatic rings. The van der Waals surface area contributed by atoms with Crippen LogP contribution in [0.2, 0.25) is 0 Å². The number of rotatable bonds is 11. The molecule has 0 aliphatic rings. The molecule has 20 heavy (non-hydrogen) atoms. The Kier molecular flexibility index (Phi) is 11.8. The SMILES string of the molecule is CCOC(=O)CCC(C)=CCCC(CCl)OC(C)OC. The van der Waals surface area contributed by atoms with Gasteiger partial charge in [-0.15, -0.1) is 11.6 Å². The third-order valence-electron chi connectivity index (χ3n) is 2.90. The smallest absolute Gasteiger partial charge is 0.306 e. The minimum Gasteiger partial charge on any atom is -0.466 e. The van der Waals surface area contributed by atoms with Gasteiger partial charge in [0.1, 0.15) is 0 Å². The molecule has 0 amide bonds. The van der Waals surface area contributed by atoms with Gasteiger partial charge in [0.25, 0.3) is 0 Å². The summed E-state index contributed by atoms with van der Waals surface area (Å²) in [7, 11) is 1.61. The maximum absolute atomic E-state index is 11.2. The van der Waals surface area contributed by atoms with E-state index in [0.717, 1.165) is 19.3 Å². The van der Waals surface area contributed by atoms with Gasteiger partial charge in [-0.2, -0.15) is 0 Å². The summed E-state index contributed by atoms with van der Waals surface area (Å²) in [6.07, 6.45) is 4.76. The number of esters is 1. The molecule has 5 heteroatoms. The van der Waals surface area contributed by atoms with Crippen molar-refractivity contribution < 1.29 is 19.0 Å². The first-order valence-corrected chi connectivity index (χ1v) is 7.62. The predicted molar refractivity (Wildman–Crippen MR) is 80.9 cm³/mol. The highest BCUT2D eigenvalue weighted by Crippen LogP contribution is 2.12. The molecule has 0 rings (SSSR count). The summed E-state index contributed by atoms with van der Waals surface area (Å²) >= 11 is 5.86. The summed E-state index contributed by atoms with van der Waals surface area (Å²) < 4.78 is 15.5. The first-order valence-electron chi connectivity index (χ1n) is 7.08. The molecule has 0 bridgehead atoms. The van der Waals surface area contributed by atoms with Crippen molar-refractivity contribution in [2.45, 2.75) is 58.8 Å². The molecule has 0 heterocycles. The van der Waals surface area contributed by atoms with Crippen LogP contribution in [0.25, 0.3) is 0 Å². The zero-order valence-corrected chi connectivity index (χ0v) is 13.7. The molecular weight excluding hydrogens is 280 g/mol. The number of alkyl halides is 1. The summed E-state index contributed by atoms with van der Waals surface area (Å²) in [5, 5.41) is 0. The number of halogens is 1. The van der Waals surface area contributed by atoms with Gasteiger partial charge in [0, 0.05) is 19.4 Å². The van der Waals surface area contributed by atoms with Gasteiger partial charge in [0.15, 0.2) is 6.29 Å². The summed E-state index contributed by atoms with van der Waals surface area (Å²) in [4.78, 5) is 11.2. The Hall–Kier alpha value is -0.580. The van der Waals surface area contributed by atoms with Crippen LogP contribution in [0.3, 0.4) is 0 Å². The molecule has 0 aliphatic heterocycles. The first kappa shape index (κ1) is 19.4. The fraction of sp³-hybridized carbons (Fsp3) is 0.800. The second-order valence-electron chi connectivity index (χ2n) is 4.65. The van der Waals surface area contributed by atoms with Crippen molar-refractivity contribution in [3.05, 3.63) is 11.6 Å². The molecule has 4 nitrogen and oxygen atoms in total. The third-order valence-corrected chi connectivity index (χ3v) is 3.24. The van der Waals surface area contributed by atoms with Crippen LogP contribution in [-0.2, 0) is 19.0 Å². The average Bonchev–Trinajstić information content (AvgIpc) is 2.44. The quantitative estimate of drug-likeness (QED) is 0.253. The van der Waals surface area contributed by atoms with Crippen molar-refractivity contribution in [3.8, 4) is 0 Å². The van der Waals surface area contributed by atoms with Crippen LogP contribution < -0.4 is 0 Å². The van der Waals surface area contributed by atoms with Gasteiger partial charge in [0.2, 0.25) is 0 Å². The van der Waals surface area contributed by atoms with E-state index in [1.54, 1.807) is 7.11 Å². The number of allylic oxidation sites excluding steroid dienone is 2. The molecule has 118 valence electrons. The normalized spacial score (nSPS) is 14.9. The van der Waals surface area contributed by atoms with E-state index >= 15 is 0 Å². The van der Waals surface area contributed by atoms with Gasteiger partial charge in [0.05, 0.1) is 12.7 Å². The number of hydrogen-bond donors (Lipinski definition) is 0. The molecule has 0 saturated heterocycles. The van der Waals surface area contributed by atoms with Gasteiger partial charge in [-0.1, -0.05) is 11.6 Å². The molecule has 0 fully saturated rings. The molecule has 0 N–H and O–H groups in total. The van der Waals surface area contributed by atoms with Crippen LogP contribution in [0.1, 0.15) is 46.5 Å². The van der Waals surface area contributed by atoms with E-state index in [9.17, 15) is 4.79 Å². The number of carbonyl (C=O) groups is 1. The maximum Gasteiger partial charge on any atom is 0.306 e. The van der Waals surface area contributed by atoms with Gasteiger partial charge in [-0.05, 0) is 40.0 Å². The summed E-state index contributed by atoms with van der Waals surface area (Å²) in [5.41, 5.74) is 1.19. The van der Waals surface area contributed by atoms with Crippen LogP contribution in [0.4, 0.5) is 0 Å². The highest BCUT2D eigenvalue weighted by molar-refractivity contribution is 6.18. The van der Waals surface area contributed by atoms with Gasteiger partial charge >= 0.3 is 5.97 Å². The maximum atomic E-state index is 11.2. The van der Waals surface area contributed by atoms with E-state index in [4.69, 9.17) is 25.8 Å². The van der Waals surface area contributed by atoms with E-state index in [2.05, 4.69) is 6.08 Å². The number of carbonyl (C=O) groups excluding carboxylic acids is 1. The largest absolute Gasteiger partial charge is 0.466 e. The van der Waals surface area contributed by atoms with E-state index < -0.39 is 0 Å². The Bertz CT molecular complexity index is 292. The standard InChI is InChI=1S/C15H27ClO4/c1-5-19-15(17)10-9-12(2)7-6-8-14(11-16)20-13(3)18-4/h7,13-14H,5-6,8-11H2,1-4H3. The lowest BCUT2D eigenvalue weighted by atomic mass is 10.1. The molecule has 0 aliphatic carbocycles. The molecule has 0 aromatic heterocycles. The fourth-order valence-electron chi connectivity index (χ4n) is 1.66. The van der Waals surface area contributed by atoms with Crippen molar-refractivity contribution in [2.24, 2.45) is 0 Å². The lowest BCUT2D eigenvalue weighted by Crippen LogP contribution is -2.22. The average molecular weight is 307 g/mol. The van der Waals surface area contributed by atoms with Crippen molar-refractivity contribution in [1.82, 2.24) is 0 Å².